The summed E-state index contributed by atoms with van der Waals surface area (Å²) in [7, 11) is 0. The smallest absolute Gasteiger partial charge is 0.255 e. The number of ether oxygens (including phenoxy) is 1. The zero-order valence-corrected chi connectivity index (χ0v) is 31.1. The normalized spacial score (nSPS) is 11.4. The lowest BCUT2D eigenvalue weighted by molar-refractivity contribution is -0.116. The lowest BCUT2D eigenvalue weighted by Gasteiger charge is -2.19. The van der Waals surface area contributed by atoms with Gasteiger partial charge in [-0.05, 0) is 66.1 Å². The van der Waals surface area contributed by atoms with Crippen LogP contribution in [-0.4, -0.2) is 23.5 Å². The van der Waals surface area contributed by atoms with E-state index in [2.05, 4.69) is 50.5 Å². The molecule has 3 N–H and O–H groups in total. The Hall–Kier alpha value is -3.51. The van der Waals surface area contributed by atoms with Gasteiger partial charge in [0.25, 0.3) is 5.91 Å². The van der Waals surface area contributed by atoms with Gasteiger partial charge in [-0.2, -0.15) is 0 Å². The molecule has 0 saturated carbocycles. The number of unbranched alkanes of at least 4 members (excludes halogenated alkanes) is 12. The number of aromatic hydroxyl groups is 1. The molecule has 0 heterocycles. The standard InChI is InChI=1S/C42H59ClN2O4/c1-5-6-7-8-9-10-11-12-13-14-15-16-17-20-32-21-18-22-35(29-32)49-28-19-23-40(47)44-37-31-39(46)38(30-36(37)43)45-41(48)33-24-26-34(27-25-33)42(2,3)4/h18,21-22,24-27,29-31,46H,5-17,19-20,23,28H2,1-4H3,(H,44,47)(H,45,48). The molecule has 3 rings (SSSR count). The minimum Gasteiger partial charge on any atom is -0.506 e. The Balaban J connectivity index is 1.31. The van der Waals surface area contributed by atoms with Crippen LogP contribution in [0.5, 0.6) is 11.5 Å². The van der Waals surface area contributed by atoms with Gasteiger partial charge >= 0.3 is 0 Å². The third-order valence-corrected chi connectivity index (χ3v) is 9.22. The van der Waals surface area contributed by atoms with E-state index in [1.165, 1.54) is 101 Å². The van der Waals surface area contributed by atoms with Crippen LogP contribution in [0, 0.1) is 0 Å². The third-order valence-electron chi connectivity index (χ3n) is 8.91. The van der Waals surface area contributed by atoms with E-state index in [1.807, 2.05) is 24.3 Å². The van der Waals surface area contributed by atoms with Gasteiger partial charge in [0.2, 0.25) is 5.91 Å². The molecule has 3 aromatic rings. The highest BCUT2D eigenvalue weighted by atomic mass is 35.5. The minimum absolute atomic E-state index is 0.0226. The molecule has 6 nitrogen and oxygen atoms in total. The zero-order valence-electron chi connectivity index (χ0n) is 30.3. The Bertz CT molecular complexity index is 1430. The molecule has 0 spiro atoms. The van der Waals surface area contributed by atoms with Crippen molar-refractivity contribution in [2.75, 3.05) is 17.2 Å². The number of rotatable bonds is 22. The Morgan fingerprint density at radius 2 is 1.35 bits per heavy atom. The molecule has 0 aliphatic rings. The molecule has 0 atom stereocenters. The van der Waals surface area contributed by atoms with Gasteiger partial charge in [-0.1, -0.05) is 141 Å². The molecule has 3 aromatic carbocycles. The molecule has 2 amide bonds. The predicted molar refractivity (Wildman–Crippen MR) is 205 cm³/mol. The monoisotopic (exact) mass is 690 g/mol. The van der Waals surface area contributed by atoms with Crippen molar-refractivity contribution in [3.63, 3.8) is 0 Å². The van der Waals surface area contributed by atoms with Crippen LogP contribution < -0.4 is 15.4 Å². The highest BCUT2D eigenvalue weighted by Gasteiger charge is 2.16. The average Bonchev–Trinajstić information content (AvgIpc) is 3.07. The first-order valence-corrected chi connectivity index (χ1v) is 18.9. The molecule has 7 heteroatoms. The number of phenols is 1. The van der Waals surface area contributed by atoms with E-state index in [9.17, 15) is 14.7 Å². The van der Waals surface area contributed by atoms with Crippen LogP contribution in [0.15, 0.2) is 60.7 Å². The fourth-order valence-electron chi connectivity index (χ4n) is 5.85. The first kappa shape index (κ1) is 39.9. The van der Waals surface area contributed by atoms with Gasteiger partial charge in [0.1, 0.15) is 11.5 Å². The van der Waals surface area contributed by atoms with Crippen LogP contribution in [0.2, 0.25) is 5.02 Å². The average molecular weight is 691 g/mol. The molecule has 0 saturated heterocycles. The molecule has 0 aliphatic heterocycles. The number of amides is 2. The van der Waals surface area contributed by atoms with E-state index in [0.29, 0.717) is 18.6 Å². The summed E-state index contributed by atoms with van der Waals surface area (Å²) < 4.78 is 5.93. The van der Waals surface area contributed by atoms with E-state index in [-0.39, 0.29) is 45.8 Å². The van der Waals surface area contributed by atoms with E-state index >= 15 is 0 Å². The molecule has 0 aliphatic carbocycles. The Labute approximate surface area is 300 Å². The minimum atomic E-state index is -0.367. The molecule has 268 valence electrons. The number of hydrogen-bond acceptors (Lipinski definition) is 4. The number of hydrogen-bond donors (Lipinski definition) is 3. The first-order valence-electron chi connectivity index (χ1n) is 18.5. The van der Waals surface area contributed by atoms with E-state index in [4.69, 9.17) is 16.3 Å². The number of phenolic OH excluding ortho intramolecular Hbond substituents is 1. The van der Waals surface area contributed by atoms with Crippen molar-refractivity contribution >= 4 is 34.8 Å². The number of anilines is 2. The van der Waals surface area contributed by atoms with Gasteiger partial charge < -0.3 is 20.5 Å². The van der Waals surface area contributed by atoms with Crippen LogP contribution in [-0.2, 0) is 16.6 Å². The maximum atomic E-state index is 12.8. The van der Waals surface area contributed by atoms with Crippen LogP contribution in [0.25, 0.3) is 0 Å². The van der Waals surface area contributed by atoms with Gasteiger partial charge in [0, 0.05) is 18.1 Å². The molecule has 49 heavy (non-hydrogen) atoms. The van der Waals surface area contributed by atoms with Crippen LogP contribution in [0.4, 0.5) is 11.4 Å². The number of benzene rings is 3. The molecule has 0 unspecified atom stereocenters. The summed E-state index contributed by atoms with van der Waals surface area (Å²) in [6, 6.07) is 18.4. The highest BCUT2D eigenvalue weighted by molar-refractivity contribution is 6.34. The van der Waals surface area contributed by atoms with Crippen molar-refractivity contribution in [3.8, 4) is 11.5 Å². The molecule has 0 radical (unpaired) electrons. The summed E-state index contributed by atoms with van der Waals surface area (Å²) in [5.41, 5.74) is 3.28. The largest absolute Gasteiger partial charge is 0.506 e. The lowest BCUT2D eigenvalue weighted by Crippen LogP contribution is -2.15. The van der Waals surface area contributed by atoms with Crippen molar-refractivity contribution in [2.45, 2.75) is 136 Å². The maximum absolute atomic E-state index is 12.8. The molecular formula is C42H59ClN2O4. The van der Waals surface area contributed by atoms with Crippen molar-refractivity contribution in [1.29, 1.82) is 0 Å². The van der Waals surface area contributed by atoms with Gasteiger partial charge in [0.15, 0.2) is 0 Å². The number of halogens is 1. The Kier molecular flexibility index (Phi) is 17.6. The number of aryl methyl sites for hydroxylation is 1. The summed E-state index contributed by atoms with van der Waals surface area (Å²) in [6.07, 6.45) is 19.4. The van der Waals surface area contributed by atoms with Gasteiger partial charge in [-0.25, -0.2) is 0 Å². The fraction of sp³-hybridized carbons (Fsp3) is 0.524. The van der Waals surface area contributed by atoms with Crippen molar-refractivity contribution in [3.05, 3.63) is 82.4 Å². The second-order valence-electron chi connectivity index (χ2n) is 14.3. The zero-order chi connectivity index (χ0) is 35.5. The second-order valence-corrected chi connectivity index (χ2v) is 14.7. The summed E-state index contributed by atoms with van der Waals surface area (Å²) >= 11 is 6.40. The number of nitrogens with one attached hydrogen (secondary N) is 2. The van der Waals surface area contributed by atoms with Crippen molar-refractivity contribution < 1.29 is 19.4 Å². The van der Waals surface area contributed by atoms with E-state index in [0.717, 1.165) is 17.7 Å². The maximum Gasteiger partial charge on any atom is 0.255 e. The van der Waals surface area contributed by atoms with Crippen LogP contribution >= 0.6 is 11.6 Å². The molecular weight excluding hydrogens is 632 g/mol. The van der Waals surface area contributed by atoms with Crippen molar-refractivity contribution in [1.82, 2.24) is 0 Å². The highest BCUT2D eigenvalue weighted by Crippen LogP contribution is 2.34. The fourth-order valence-corrected chi connectivity index (χ4v) is 6.06. The van der Waals surface area contributed by atoms with E-state index in [1.54, 1.807) is 12.1 Å². The van der Waals surface area contributed by atoms with Gasteiger partial charge in [-0.15, -0.1) is 0 Å². The first-order chi connectivity index (χ1) is 23.6. The van der Waals surface area contributed by atoms with Gasteiger partial charge in [0.05, 0.1) is 23.0 Å². The summed E-state index contributed by atoms with van der Waals surface area (Å²) in [6.45, 7) is 9.01. The Morgan fingerprint density at radius 1 is 0.735 bits per heavy atom. The SMILES string of the molecule is CCCCCCCCCCCCCCCc1cccc(OCCCC(=O)Nc2cc(O)c(NC(=O)c3ccc(C(C)(C)C)cc3)cc2Cl)c1. The van der Waals surface area contributed by atoms with Crippen LogP contribution in [0.3, 0.4) is 0 Å². The predicted octanol–water partition coefficient (Wildman–Crippen LogP) is 12.0. The summed E-state index contributed by atoms with van der Waals surface area (Å²) in [5.74, 6) is 0.0234. The number of carbonyl (C=O) groups excluding carboxylic acids is 2. The summed E-state index contributed by atoms with van der Waals surface area (Å²) in [4.78, 5) is 25.4. The quantitative estimate of drug-likeness (QED) is 0.0723. The van der Waals surface area contributed by atoms with E-state index < -0.39 is 0 Å². The third kappa shape index (κ3) is 15.3. The van der Waals surface area contributed by atoms with Crippen molar-refractivity contribution in [2.24, 2.45) is 0 Å². The van der Waals surface area contributed by atoms with Gasteiger partial charge in [-0.3, -0.25) is 9.59 Å². The summed E-state index contributed by atoms with van der Waals surface area (Å²) in [5, 5.41) is 16.2. The number of carbonyl (C=O) groups is 2. The lowest BCUT2D eigenvalue weighted by atomic mass is 9.87. The Morgan fingerprint density at radius 3 is 1.96 bits per heavy atom. The second kappa shape index (κ2) is 21.5. The molecule has 0 bridgehead atoms. The molecule has 0 aromatic heterocycles. The van der Waals surface area contributed by atoms with Crippen LogP contribution in [0.1, 0.15) is 145 Å². The molecule has 0 fully saturated rings. The topological polar surface area (TPSA) is 87.7 Å².